The van der Waals surface area contributed by atoms with Gasteiger partial charge in [-0.3, -0.25) is 4.79 Å². The number of fused-ring (bicyclic) bond motifs is 1. The van der Waals surface area contributed by atoms with Gasteiger partial charge in [0.05, 0.1) is 30.0 Å². The summed E-state index contributed by atoms with van der Waals surface area (Å²) < 4.78 is 13.5. The maximum absolute atomic E-state index is 12.7. The number of aryl methyl sites for hydroxylation is 1. The van der Waals surface area contributed by atoms with Crippen LogP contribution in [0, 0.1) is 0 Å². The van der Waals surface area contributed by atoms with E-state index in [1.165, 1.54) is 24.0 Å². The molecule has 0 atom stereocenters. The van der Waals surface area contributed by atoms with E-state index in [2.05, 4.69) is 37.0 Å². The van der Waals surface area contributed by atoms with Crippen LogP contribution in [0.25, 0.3) is 10.2 Å². The summed E-state index contributed by atoms with van der Waals surface area (Å²) in [6.45, 7) is 4.33. The van der Waals surface area contributed by atoms with Crippen LogP contribution in [0.5, 0.6) is 11.5 Å². The average molecular weight is 370 g/mol. The van der Waals surface area contributed by atoms with Gasteiger partial charge in [0.15, 0.2) is 4.80 Å². The van der Waals surface area contributed by atoms with Crippen LogP contribution in [-0.4, -0.2) is 24.7 Å². The molecule has 26 heavy (non-hydrogen) atoms. The Morgan fingerprint density at radius 1 is 1.12 bits per heavy atom. The molecule has 0 N–H and O–H groups in total. The molecule has 1 aromatic heterocycles. The highest BCUT2D eigenvalue weighted by Crippen LogP contribution is 2.26. The summed E-state index contributed by atoms with van der Waals surface area (Å²) in [5, 5.41) is 0. The van der Waals surface area contributed by atoms with Crippen LogP contribution < -0.4 is 14.3 Å². The molecule has 0 spiro atoms. The number of amides is 1. The second-order valence-electron chi connectivity index (χ2n) is 6.31. The minimum absolute atomic E-state index is 0.337. The number of carbonyl (C=O) groups is 1. The number of methoxy groups -OCH3 is 2. The van der Waals surface area contributed by atoms with Gasteiger partial charge in [-0.15, -0.1) is 0 Å². The highest BCUT2D eigenvalue weighted by molar-refractivity contribution is 7.16. The van der Waals surface area contributed by atoms with Crippen LogP contribution in [0.4, 0.5) is 0 Å². The van der Waals surface area contributed by atoms with Crippen molar-refractivity contribution in [1.82, 2.24) is 4.57 Å². The molecule has 3 aromatic rings. The van der Waals surface area contributed by atoms with Gasteiger partial charge < -0.3 is 14.0 Å². The number of thiazole rings is 1. The van der Waals surface area contributed by atoms with Crippen molar-refractivity contribution in [3.8, 4) is 11.5 Å². The Morgan fingerprint density at radius 3 is 2.54 bits per heavy atom. The summed E-state index contributed by atoms with van der Waals surface area (Å²) in [5.74, 6) is 1.20. The van der Waals surface area contributed by atoms with Gasteiger partial charge in [0.25, 0.3) is 5.91 Å². The number of hydrogen-bond acceptors (Lipinski definition) is 4. The maximum Gasteiger partial charge on any atom is 0.283 e. The van der Waals surface area contributed by atoms with E-state index in [1.807, 2.05) is 11.6 Å². The van der Waals surface area contributed by atoms with Crippen molar-refractivity contribution in [2.45, 2.75) is 19.8 Å². The largest absolute Gasteiger partial charge is 0.497 e. The maximum atomic E-state index is 12.7. The monoisotopic (exact) mass is 370 g/mol. The van der Waals surface area contributed by atoms with Gasteiger partial charge in [-0.05, 0) is 35.7 Å². The van der Waals surface area contributed by atoms with Crippen molar-refractivity contribution in [3.63, 3.8) is 0 Å². The van der Waals surface area contributed by atoms with E-state index in [0.717, 1.165) is 10.2 Å². The zero-order valence-electron chi connectivity index (χ0n) is 15.6. The molecular formula is C20H22N2O3S. The second-order valence-corrected chi connectivity index (χ2v) is 7.32. The molecule has 1 heterocycles. The summed E-state index contributed by atoms with van der Waals surface area (Å²) in [6.07, 6.45) is 0. The lowest BCUT2D eigenvalue weighted by molar-refractivity contribution is 0.0995. The van der Waals surface area contributed by atoms with Crippen molar-refractivity contribution in [1.29, 1.82) is 0 Å². The third-order valence-electron chi connectivity index (χ3n) is 4.34. The fourth-order valence-electron chi connectivity index (χ4n) is 2.74. The molecule has 136 valence electrons. The van der Waals surface area contributed by atoms with Crippen molar-refractivity contribution < 1.29 is 14.3 Å². The predicted molar refractivity (Wildman–Crippen MR) is 104 cm³/mol. The lowest BCUT2D eigenvalue weighted by atomic mass is 10.0. The van der Waals surface area contributed by atoms with Crippen molar-refractivity contribution in [3.05, 3.63) is 52.3 Å². The van der Waals surface area contributed by atoms with Gasteiger partial charge in [-0.1, -0.05) is 31.3 Å². The molecule has 3 rings (SSSR count). The minimum atomic E-state index is -0.337. The third-order valence-corrected chi connectivity index (χ3v) is 5.43. The molecule has 1 amide bonds. The summed E-state index contributed by atoms with van der Waals surface area (Å²) in [7, 11) is 5.02. The molecule has 0 aliphatic heterocycles. The van der Waals surface area contributed by atoms with Gasteiger partial charge in [0.2, 0.25) is 0 Å². The number of hydrogen-bond donors (Lipinski definition) is 0. The number of rotatable bonds is 4. The molecule has 0 saturated carbocycles. The number of aromatic nitrogens is 1. The van der Waals surface area contributed by atoms with Gasteiger partial charge >= 0.3 is 0 Å². The normalized spacial score (nSPS) is 12.0. The number of benzene rings is 2. The van der Waals surface area contributed by atoms with Gasteiger partial charge in [-0.25, -0.2) is 0 Å². The Morgan fingerprint density at radius 2 is 1.88 bits per heavy atom. The molecule has 5 nitrogen and oxygen atoms in total. The highest BCUT2D eigenvalue weighted by Gasteiger charge is 2.14. The molecular weight excluding hydrogens is 348 g/mol. The first-order valence-corrected chi connectivity index (χ1v) is 9.16. The van der Waals surface area contributed by atoms with E-state index in [0.29, 0.717) is 27.8 Å². The zero-order valence-corrected chi connectivity index (χ0v) is 16.4. The minimum Gasteiger partial charge on any atom is -0.497 e. The average Bonchev–Trinajstić information content (AvgIpc) is 2.95. The Kier molecular flexibility index (Phi) is 5.13. The van der Waals surface area contributed by atoms with Gasteiger partial charge in [0, 0.05) is 13.1 Å². The Bertz CT molecular complexity index is 1030. The van der Waals surface area contributed by atoms with Crippen LogP contribution in [0.3, 0.4) is 0 Å². The third kappa shape index (κ3) is 3.37. The van der Waals surface area contributed by atoms with Gasteiger partial charge in [0.1, 0.15) is 11.5 Å². The van der Waals surface area contributed by atoms with Crippen LogP contribution in [-0.2, 0) is 7.05 Å². The van der Waals surface area contributed by atoms with Crippen LogP contribution in [0.2, 0.25) is 0 Å². The molecule has 0 unspecified atom stereocenters. The molecule has 0 saturated heterocycles. The molecule has 0 radical (unpaired) electrons. The summed E-state index contributed by atoms with van der Waals surface area (Å²) in [4.78, 5) is 17.7. The van der Waals surface area contributed by atoms with E-state index >= 15 is 0 Å². The summed E-state index contributed by atoms with van der Waals surface area (Å²) in [5.41, 5.74) is 2.75. The second kappa shape index (κ2) is 7.33. The number of ether oxygens (including phenoxy) is 2. The molecule has 0 bridgehead atoms. The Labute approximate surface area is 156 Å². The molecule has 2 aromatic carbocycles. The lowest BCUT2D eigenvalue weighted by Gasteiger charge is -2.07. The molecule has 0 aliphatic rings. The summed E-state index contributed by atoms with van der Waals surface area (Å²) >= 11 is 1.51. The Balaban J connectivity index is 2.07. The molecule has 0 fully saturated rings. The fourth-order valence-corrected chi connectivity index (χ4v) is 3.80. The van der Waals surface area contributed by atoms with Crippen molar-refractivity contribution in [2.24, 2.45) is 12.0 Å². The highest BCUT2D eigenvalue weighted by atomic mass is 32.1. The van der Waals surface area contributed by atoms with Crippen LogP contribution in [0.1, 0.15) is 35.7 Å². The van der Waals surface area contributed by atoms with E-state index in [-0.39, 0.29) is 5.91 Å². The topological polar surface area (TPSA) is 52.8 Å². The lowest BCUT2D eigenvalue weighted by Crippen LogP contribution is -2.13. The zero-order chi connectivity index (χ0) is 18.8. The first-order chi connectivity index (χ1) is 12.4. The van der Waals surface area contributed by atoms with Gasteiger partial charge in [-0.2, -0.15) is 4.99 Å². The van der Waals surface area contributed by atoms with Crippen LogP contribution >= 0.6 is 11.3 Å². The van der Waals surface area contributed by atoms with Crippen LogP contribution in [0.15, 0.2) is 41.4 Å². The molecule has 6 heteroatoms. The first-order valence-electron chi connectivity index (χ1n) is 8.35. The number of nitrogens with zero attached hydrogens (tertiary/aromatic N) is 2. The van der Waals surface area contributed by atoms with Crippen molar-refractivity contribution in [2.75, 3.05) is 14.2 Å². The Hall–Kier alpha value is -2.60. The van der Waals surface area contributed by atoms with E-state index in [1.54, 1.807) is 25.3 Å². The first kappa shape index (κ1) is 18.2. The SMILES string of the molecule is COc1ccc(C(=O)N=c2sc3cc(C(C)C)ccc3n2C)c(OC)c1. The quantitative estimate of drug-likeness (QED) is 0.694. The van der Waals surface area contributed by atoms with E-state index in [4.69, 9.17) is 9.47 Å². The summed E-state index contributed by atoms with van der Waals surface area (Å²) in [6, 6.07) is 11.5. The predicted octanol–water partition coefficient (Wildman–Crippen LogP) is 4.12. The number of carbonyl (C=O) groups excluding carboxylic acids is 1. The van der Waals surface area contributed by atoms with E-state index in [9.17, 15) is 4.79 Å². The van der Waals surface area contributed by atoms with Crippen molar-refractivity contribution >= 4 is 27.5 Å². The standard InChI is InChI=1S/C20H22N2O3S/c1-12(2)13-6-9-16-18(10-13)26-20(22(16)3)21-19(23)15-8-7-14(24-4)11-17(15)25-5/h6-12H,1-5H3. The van der Waals surface area contributed by atoms with E-state index < -0.39 is 0 Å². The fraction of sp³-hybridized carbons (Fsp3) is 0.300. The molecule has 0 aliphatic carbocycles. The smallest absolute Gasteiger partial charge is 0.283 e.